The quantitative estimate of drug-likeness (QED) is 0.853. The number of aromatic nitrogens is 2. The first kappa shape index (κ1) is 12.5. The van der Waals surface area contributed by atoms with E-state index in [-0.39, 0.29) is 0 Å². The number of hydrogen-bond acceptors (Lipinski definition) is 5. The Labute approximate surface area is 102 Å². The lowest BCUT2D eigenvalue weighted by Gasteiger charge is -2.36. The minimum atomic E-state index is 0.585. The van der Waals surface area contributed by atoms with Gasteiger partial charge in [-0.1, -0.05) is 12.1 Å². The van der Waals surface area contributed by atoms with Crippen molar-refractivity contribution in [1.29, 1.82) is 0 Å². The van der Waals surface area contributed by atoms with Crippen molar-refractivity contribution in [2.24, 2.45) is 11.7 Å². The van der Waals surface area contributed by atoms with Crippen LogP contribution in [0.5, 0.6) is 0 Å². The first-order valence-electron chi connectivity index (χ1n) is 6.48. The van der Waals surface area contributed by atoms with Gasteiger partial charge in [0.15, 0.2) is 5.82 Å². The predicted octanol–water partition coefficient (Wildman–Crippen LogP) is 1.19. The van der Waals surface area contributed by atoms with E-state index in [1.165, 1.54) is 12.8 Å². The fraction of sp³-hybridized carbons (Fsp3) is 0.833. The minimum absolute atomic E-state index is 0.585. The van der Waals surface area contributed by atoms with Crippen molar-refractivity contribution in [1.82, 2.24) is 15.0 Å². The van der Waals surface area contributed by atoms with Gasteiger partial charge < -0.3 is 10.3 Å². The van der Waals surface area contributed by atoms with E-state index in [4.69, 9.17) is 10.3 Å². The Balaban J connectivity index is 1.96. The van der Waals surface area contributed by atoms with Gasteiger partial charge in [0.25, 0.3) is 0 Å². The maximum absolute atomic E-state index is 5.75. The molecule has 0 spiro atoms. The van der Waals surface area contributed by atoms with Crippen LogP contribution in [-0.4, -0.2) is 34.2 Å². The van der Waals surface area contributed by atoms with Crippen molar-refractivity contribution in [3.05, 3.63) is 11.7 Å². The zero-order valence-corrected chi connectivity index (χ0v) is 10.7. The van der Waals surface area contributed by atoms with Gasteiger partial charge in [0.2, 0.25) is 5.89 Å². The summed E-state index contributed by atoms with van der Waals surface area (Å²) in [5.41, 5.74) is 5.75. The zero-order valence-electron chi connectivity index (χ0n) is 10.7. The number of nitrogens with zero attached hydrogens (tertiary/aromatic N) is 3. The summed E-state index contributed by atoms with van der Waals surface area (Å²) in [5, 5.41) is 4.01. The molecule has 0 radical (unpaired) electrons. The summed E-state index contributed by atoms with van der Waals surface area (Å²) in [7, 11) is 0. The number of likely N-dealkylation sites (tertiary alicyclic amines) is 1. The Morgan fingerprint density at radius 2 is 2.29 bits per heavy atom. The number of rotatable bonds is 4. The third kappa shape index (κ3) is 3.04. The van der Waals surface area contributed by atoms with Gasteiger partial charge in [-0.25, -0.2) is 0 Å². The molecule has 1 fully saturated rings. The maximum Gasteiger partial charge on any atom is 0.226 e. The highest BCUT2D eigenvalue weighted by atomic mass is 16.5. The van der Waals surface area contributed by atoms with Crippen LogP contribution in [0.15, 0.2) is 4.52 Å². The van der Waals surface area contributed by atoms with Gasteiger partial charge in [-0.3, -0.25) is 4.90 Å². The third-order valence-electron chi connectivity index (χ3n) is 3.60. The standard InChI is InChI=1S/C12H22N4O/c1-3-12-14-11(15-17-12)8-16-7-10(6-13)5-4-9(16)2/h9-10H,3-8,13H2,1-2H3. The summed E-state index contributed by atoms with van der Waals surface area (Å²) in [6.45, 7) is 6.88. The Morgan fingerprint density at radius 1 is 1.47 bits per heavy atom. The van der Waals surface area contributed by atoms with Crippen LogP contribution in [0.2, 0.25) is 0 Å². The zero-order chi connectivity index (χ0) is 12.3. The molecule has 17 heavy (non-hydrogen) atoms. The first-order valence-corrected chi connectivity index (χ1v) is 6.48. The van der Waals surface area contributed by atoms with E-state index in [1.54, 1.807) is 0 Å². The molecule has 0 aromatic carbocycles. The molecule has 5 heteroatoms. The van der Waals surface area contributed by atoms with Crippen molar-refractivity contribution < 1.29 is 4.52 Å². The number of hydrogen-bond donors (Lipinski definition) is 1. The third-order valence-corrected chi connectivity index (χ3v) is 3.60. The van der Waals surface area contributed by atoms with Crippen LogP contribution in [0.3, 0.4) is 0 Å². The monoisotopic (exact) mass is 238 g/mol. The molecule has 2 unspecified atom stereocenters. The summed E-state index contributed by atoms with van der Waals surface area (Å²) in [6, 6.07) is 0.585. The second-order valence-corrected chi connectivity index (χ2v) is 4.92. The Kier molecular flexibility index (Phi) is 4.12. The van der Waals surface area contributed by atoms with E-state index in [9.17, 15) is 0 Å². The number of aryl methyl sites for hydroxylation is 1. The molecule has 1 aromatic heterocycles. The lowest BCUT2D eigenvalue weighted by molar-refractivity contribution is 0.109. The lowest BCUT2D eigenvalue weighted by atomic mass is 9.93. The summed E-state index contributed by atoms with van der Waals surface area (Å²) >= 11 is 0. The van der Waals surface area contributed by atoms with E-state index in [2.05, 4.69) is 22.0 Å². The Hall–Kier alpha value is -0.940. The molecule has 2 rings (SSSR count). The van der Waals surface area contributed by atoms with E-state index >= 15 is 0 Å². The highest BCUT2D eigenvalue weighted by Crippen LogP contribution is 2.22. The molecule has 1 saturated heterocycles. The second-order valence-electron chi connectivity index (χ2n) is 4.92. The molecule has 0 saturated carbocycles. The average Bonchev–Trinajstić information content (AvgIpc) is 2.80. The smallest absolute Gasteiger partial charge is 0.226 e. The van der Waals surface area contributed by atoms with Gasteiger partial charge in [-0.2, -0.15) is 4.98 Å². The molecule has 1 aliphatic heterocycles. The summed E-state index contributed by atoms with van der Waals surface area (Å²) in [6.07, 6.45) is 3.24. The van der Waals surface area contributed by atoms with Crippen molar-refractivity contribution in [3.8, 4) is 0 Å². The van der Waals surface area contributed by atoms with Gasteiger partial charge in [-0.15, -0.1) is 0 Å². The van der Waals surface area contributed by atoms with E-state index in [1.807, 2.05) is 6.92 Å². The Morgan fingerprint density at radius 3 is 2.94 bits per heavy atom. The summed E-state index contributed by atoms with van der Waals surface area (Å²) in [5.74, 6) is 2.13. The maximum atomic E-state index is 5.75. The molecule has 2 N–H and O–H groups in total. The molecule has 0 amide bonds. The van der Waals surface area contributed by atoms with Crippen LogP contribution >= 0.6 is 0 Å². The molecule has 5 nitrogen and oxygen atoms in total. The van der Waals surface area contributed by atoms with Gasteiger partial charge in [0.05, 0.1) is 6.54 Å². The molecule has 0 aliphatic carbocycles. The SMILES string of the molecule is CCc1nc(CN2CC(CN)CCC2C)no1. The molecule has 1 aromatic rings. The molecule has 96 valence electrons. The van der Waals surface area contributed by atoms with Gasteiger partial charge in [0, 0.05) is 19.0 Å². The minimum Gasteiger partial charge on any atom is -0.339 e. The number of nitrogens with two attached hydrogens (primary N) is 1. The summed E-state index contributed by atoms with van der Waals surface area (Å²) in [4.78, 5) is 6.77. The topological polar surface area (TPSA) is 68.2 Å². The first-order chi connectivity index (χ1) is 8.22. The average molecular weight is 238 g/mol. The van der Waals surface area contributed by atoms with E-state index in [0.717, 1.165) is 37.8 Å². The van der Waals surface area contributed by atoms with Crippen LogP contribution in [0, 0.1) is 5.92 Å². The van der Waals surface area contributed by atoms with Crippen LogP contribution in [0.4, 0.5) is 0 Å². The van der Waals surface area contributed by atoms with E-state index < -0.39 is 0 Å². The van der Waals surface area contributed by atoms with Crippen LogP contribution in [0.1, 0.15) is 38.4 Å². The second kappa shape index (κ2) is 5.60. The van der Waals surface area contributed by atoms with Crippen LogP contribution in [-0.2, 0) is 13.0 Å². The summed E-state index contributed by atoms with van der Waals surface area (Å²) < 4.78 is 5.13. The van der Waals surface area contributed by atoms with Crippen LogP contribution in [0.25, 0.3) is 0 Å². The Bertz CT molecular complexity index is 352. The van der Waals surface area contributed by atoms with Gasteiger partial charge >= 0.3 is 0 Å². The molecule has 2 atom stereocenters. The van der Waals surface area contributed by atoms with Crippen molar-refractivity contribution >= 4 is 0 Å². The molecule has 0 bridgehead atoms. The van der Waals surface area contributed by atoms with Crippen molar-refractivity contribution in [2.75, 3.05) is 13.1 Å². The fourth-order valence-electron chi connectivity index (χ4n) is 2.35. The van der Waals surface area contributed by atoms with Crippen molar-refractivity contribution in [3.63, 3.8) is 0 Å². The van der Waals surface area contributed by atoms with Gasteiger partial charge in [0.1, 0.15) is 0 Å². The van der Waals surface area contributed by atoms with E-state index in [0.29, 0.717) is 12.0 Å². The predicted molar refractivity (Wildman–Crippen MR) is 65.3 cm³/mol. The largest absolute Gasteiger partial charge is 0.339 e. The normalized spacial score (nSPS) is 26.3. The lowest BCUT2D eigenvalue weighted by Crippen LogP contribution is -2.43. The number of piperidine rings is 1. The highest BCUT2D eigenvalue weighted by molar-refractivity contribution is 4.89. The molecular formula is C12H22N4O. The molecule has 2 heterocycles. The van der Waals surface area contributed by atoms with Crippen molar-refractivity contribution in [2.45, 2.75) is 45.7 Å². The van der Waals surface area contributed by atoms with Gasteiger partial charge in [-0.05, 0) is 32.2 Å². The molecular weight excluding hydrogens is 216 g/mol. The fourth-order valence-corrected chi connectivity index (χ4v) is 2.35. The highest BCUT2D eigenvalue weighted by Gasteiger charge is 2.25. The molecule has 1 aliphatic rings. The van der Waals surface area contributed by atoms with Crippen LogP contribution < -0.4 is 5.73 Å².